The summed E-state index contributed by atoms with van der Waals surface area (Å²) in [4.78, 5) is 15.1. The van der Waals surface area contributed by atoms with Crippen molar-refractivity contribution >= 4 is 18.5 Å². The van der Waals surface area contributed by atoms with E-state index in [2.05, 4.69) is 4.98 Å². The van der Waals surface area contributed by atoms with Gasteiger partial charge in [0.2, 0.25) is 5.95 Å². The van der Waals surface area contributed by atoms with Crippen LogP contribution in [0, 0.1) is 5.95 Å². The molecule has 1 fully saturated rings. The van der Waals surface area contributed by atoms with Crippen LogP contribution < -0.4 is 5.59 Å². The first-order valence-electron chi connectivity index (χ1n) is 6.16. The first kappa shape index (κ1) is 14.2. The predicted molar refractivity (Wildman–Crippen MR) is 69.9 cm³/mol. The van der Waals surface area contributed by atoms with Gasteiger partial charge in [-0.25, -0.2) is 4.98 Å². The Kier molecular flexibility index (Phi) is 3.27. The number of rotatable bonds is 2. The van der Waals surface area contributed by atoms with Crippen molar-refractivity contribution in [1.82, 2.24) is 4.98 Å². The summed E-state index contributed by atoms with van der Waals surface area (Å²) in [5.41, 5.74) is -0.509. The largest absolute Gasteiger partial charge is 0.514 e. The lowest BCUT2D eigenvalue weighted by Gasteiger charge is -2.32. The molecule has 19 heavy (non-hydrogen) atoms. The molecular weight excluding hydrogens is 248 g/mol. The van der Waals surface area contributed by atoms with Crippen molar-refractivity contribution in [2.75, 3.05) is 0 Å². The number of hydrogen-bond acceptors (Lipinski definition) is 4. The van der Waals surface area contributed by atoms with Crippen LogP contribution in [0.15, 0.2) is 12.1 Å². The van der Waals surface area contributed by atoms with Crippen LogP contribution in [0.2, 0.25) is 0 Å². The van der Waals surface area contributed by atoms with E-state index in [1.54, 1.807) is 0 Å². The molecule has 6 heteroatoms. The van der Waals surface area contributed by atoms with E-state index in [0.717, 1.165) is 6.07 Å². The molecule has 1 aliphatic rings. The second-order valence-electron chi connectivity index (χ2n) is 5.75. The first-order chi connectivity index (χ1) is 8.62. The topological polar surface area (TPSA) is 48.4 Å². The van der Waals surface area contributed by atoms with Crippen LogP contribution in [0.25, 0.3) is 0 Å². The van der Waals surface area contributed by atoms with Gasteiger partial charge >= 0.3 is 7.12 Å². The number of aromatic nitrogens is 1. The molecule has 0 aliphatic carbocycles. The van der Waals surface area contributed by atoms with Gasteiger partial charge in [-0.1, -0.05) is 0 Å². The lowest BCUT2D eigenvalue weighted by Crippen LogP contribution is -2.41. The van der Waals surface area contributed by atoms with Crippen LogP contribution in [0.1, 0.15) is 45.0 Å². The SMILES string of the molecule is CC(=O)c1cc(F)nc(B2OC(C)(C)C(C)(C)O2)c1. The highest BCUT2D eigenvalue weighted by Gasteiger charge is 2.52. The van der Waals surface area contributed by atoms with Gasteiger partial charge in [0.25, 0.3) is 0 Å². The summed E-state index contributed by atoms with van der Waals surface area (Å²) in [6.45, 7) is 8.98. The Balaban J connectivity index is 2.37. The molecule has 1 aromatic rings. The Morgan fingerprint density at radius 1 is 1.21 bits per heavy atom. The predicted octanol–water partition coefficient (Wildman–Crippen LogP) is 1.72. The van der Waals surface area contributed by atoms with Gasteiger partial charge in [0.15, 0.2) is 5.78 Å². The highest BCUT2D eigenvalue weighted by molar-refractivity contribution is 6.61. The normalized spacial score (nSPS) is 20.6. The quantitative estimate of drug-likeness (QED) is 0.464. The molecule has 0 atom stereocenters. The first-order valence-corrected chi connectivity index (χ1v) is 6.16. The smallest absolute Gasteiger partial charge is 0.398 e. The number of carbonyl (C=O) groups excluding carboxylic acids is 1. The number of halogens is 1. The highest BCUT2D eigenvalue weighted by atomic mass is 19.1. The fourth-order valence-corrected chi connectivity index (χ4v) is 1.81. The third kappa shape index (κ3) is 2.55. The number of pyridine rings is 1. The second-order valence-corrected chi connectivity index (χ2v) is 5.75. The fourth-order valence-electron chi connectivity index (χ4n) is 1.81. The Hall–Kier alpha value is -1.27. The molecule has 0 unspecified atom stereocenters. The third-order valence-electron chi connectivity index (χ3n) is 3.72. The van der Waals surface area contributed by atoms with Gasteiger partial charge in [0, 0.05) is 11.6 Å². The van der Waals surface area contributed by atoms with Crippen molar-refractivity contribution in [3.63, 3.8) is 0 Å². The van der Waals surface area contributed by atoms with Crippen molar-refractivity contribution in [3.05, 3.63) is 23.6 Å². The van der Waals surface area contributed by atoms with Gasteiger partial charge < -0.3 is 9.31 Å². The van der Waals surface area contributed by atoms with Crippen LogP contribution in [0.5, 0.6) is 0 Å². The minimum absolute atomic E-state index is 0.223. The minimum Gasteiger partial charge on any atom is -0.398 e. The highest BCUT2D eigenvalue weighted by Crippen LogP contribution is 2.36. The third-order valence-corrected chi connectivity index (χ3v) is 3.72. The van der Waals surface area contributed by atoms with Gasteiger partial charge in [0.1, 0.15) is 0 Å². The zero-order valence-corrected chi connectivity index (χ0v) is 11.8. The molecule has 2 rings (SSSR count). The van der Waals surface area contributed by atoms with Crippen molar-refractivity contribution in [2.45, 2.75) is 45.8 Å². The summed E-state index contributed by atoms with van der Waals surface area (Å²) < 4.78 is 25.0. The maximum absolute atomic E-state index is 13.5. The Labute approximate surface area is 112 Å². The molecule has 102 valence electrons. The standard InChI is InChI=1S/C13H17BFNO3/c1-8(17)9-6-10(16-11(15)7-9)14-18-12(2,3)13(4,5)19-14/h6-7H,1-5H3. The van der Waals surface area contributed by atoms with E-state index < -0.39 is 24.3 Å². The Morgan fingerprint density at radius 3 is 2.21 bits per heavy atom. The summed E-state index contributed by atoms with van der Waals surface area (Å²) in [6.07, 6.45) is 0. The molecule has 4 nitrogen and oxygen atoms in total. The maximum Gasteiger partial charge on any atom is 0.514 e. The molecule has 0 saturated carbocycles. The molecular formula is C13H17BFNO3. The van der Waals surface area contributed by atoms with Crippen LogP contribution in [0.4, 0.5) is 4.39 Å². The van der Waals surface area contributed by atoms with Gasteiger partial charge in [-0.3, -0.25) is 4.79 Å². The molecule has 0 spiro atoms. The van der Waals surface area contributed by atoms with Crippen LogP contribution >= 0.6 is 0 Å². The monoisotopic (exact) mass is 265 g/mol. The molecule has 0 bridgehead atoms. The van der Waals surface area contributed by atoms with Gasteiger partial charge in [-0.2, -0.15) is 4.39 Å². The number of ketones is 1. The van der Waals surface area contributed by atoms with Crippen LogP contribution in [-0.2, 0) is 9.31 Å². The second kappa shape index (κ2) is 4.39. The summed E-state index contributed by atoms with van der Waals surface area (Å²) in [5, 5.41) is 0. The van der Waals surface area contributed by atoms with E-state index in [9.17, 15) is 9.18 Å². The molecule has 1 saturated heterocycles. The number of hydrogen-bond donors (Lipinski definition) is 0. The summed E-state index contributed by atoms with van der Waals surface area (Å²) in [5.74, 6) is -0.934. The van der Waals surface area contributed by atoms with Crippen molar-refractivity contribution in [1.29, 1.82) is 0 Å². The number of Topliss-reactive ketones (excluding diaryl/α,β-unsaturated/α-hetero) is 1. The van der Waals surface area contributed by atoms with E-state index >= 15 is 0 Å². The fraction of sp³-hybridized carbons (Fsp3) is 0.538. The molecule has 0 N–H and O–H groups in total. The molecule has 0 amide bonds. The van der Waals surface area contributed by atoms with E-state index in [0.29, 0.717) is 0 Å². The molecule has 1 aliphatic heterocycles. The molecule has 0 aromatic carbocycles. The van der Waals surface area contributed by atoms with Crippen molar-refractivity contribution < 1.29 is 18.5 Å². The number of nitrogens with zero attached hydrogens (tertiary/aromatic N) is 1. The van der Waals surface area contributed by atoms with E-state index in [4.69, 9.17) is 9.31 Å². The molecule has 1 aromatic heterocycles. The van der Waals surface area contributed by atoms with E-state index in [1.165, 1.54) is 13.0 Å². The lowest BCUT2D eigenvalue weighted by molar-refractivity contribution is 0.00578. The zero-order chi connectivity index (χ0) is 14.4. The van der Waals surface area contributed by atoms with E-state index in [1.807, 2.05) is 27.7 Å². The summed E-state index contributed by atoms with van der Waals surface area (Å²) in [7, 11) is -0.765. The maximum atomic E-state index is 13.5. The molecule has 2 heterocycles. The van der Waals surface area contributed by atoms with Gasteiger partial charge in [-0.05, 0) is 40.7 Å². The van der Waals surface area contributed by atoms with E-state index in [-0.39, 0.29) is 16.9 Å². The Morgan fingerprint density at radius 2 is 1.74 bits per heavy atom. The zero-order valence-electron chi connectivity index (χ0n) is 11.8. The number of carbonyl (C=O) groups is 1. The van der Waals surface area contributed by atoms with Gasteiger partial charge in [0.05, 0.1) is 16.8 Å². The molecule has 0 radical (unpaired) electrons. The van der Waals surface area contributed by atoms with Gasteiger partial charge in [-0.15, -0.1) is 0 Å². The minimum atomic E-state index is -0.765. The summed E-state index contributed by atoms with van der Waals surface area (Å²) in [6, 6.07) is 2.62. The summed E-state index contributed by atoms with van der Waals surface area (Å²) >= 11 is 0. The average molecular weight is 265 g/mol. The average Bonchev–Trinajstić information content (AvgIpc) is 2.47. The Bertz CT molecular complexity index is 515. The lowest BCUT2D eigenvalue weighted by atomic mass is 9.83. The van der Waals surface area contributed by atoms with Crippen LogP contribution in [0.3, 0.4) is 0 Å². The van der Waals surface area contributed by atoms with Crippen molar-refractivity contribution in [2.24, 2.45) is 0 Å². The van der Waals surface area contributed by atoms with Crippen molar-refractivity contribution in [3.8, 4) is 0 Å². The van der Waals surface area contributed by atoms with Crippen LogP contribution in [-0.4, -0.2) is 29.1 Å².